The van der Waals surface area contributed by atoms with Crippen LogP contribution in [0.4, 0.5) is 5.82 Å². The highest BCUT2D eigenvalue weighted by atomic mass is 16.5. The summed E-state index contributed by atoms with van der Waals surface area (Å²) in [5.74, 6) is 4.18. The summed E-state index contributed by atoms with van der Waals surface area (Å²) in [5, 5.41) is 3.20. The van der Waals surface area contributed by atoms with Crippen molar-refractivity contribution in [2.24, 2.45) is 23.2 Å². The summed E-state index contributed by atoms with van der Waals surface area (Å²) < 4.78 is 5.48. The van der Waals surface area contributed by atoms with E-state index in [1.807, 2.05) is 36.4 Å². The van der Waals surface area contributed by atoms with Gasteiger partial charge in [0.05, 0.1) is 30.6 Å². The number of benzene rings is 2. The van der Waals surface area contributed by atoms with Crippen LogP contribution in [0.5, 0.6) is 5.75 Å². The van der Waals surface area contributed by atoms with Crippen LogP contribution in [-0.4, -0.2) is 23.0 Å². The molecule has 3 aromatic rings. The van der Waals surface area contributed by atoms with Crippen LogP contribution in [0.25, 0.3) is 11.3 Å². The molecule has 1 amide bonds. The number of carbonyl (C=O) groups excluding carboxylic acids is 1. The van der Waals surface area contributed by atoms with Crippen molar-refractivity contribution in [1.82, 2.24) is 9.97 Å². The van der Waals surface area contributed by atoms with Gasteiger partial charge in [0.2, 0.25) is 5.91 Å². The van der Waals surface area contributed by atoms with E-state index in [0.717, 1.165) is 71.0 Å². The third-order valence-corrected chi connectivity index (χ3v) is 9.41. The summed E-state index contributed by atoms with van der Waals surface area (Å²) in [6.07, 6.45) is 11.2. The van der Waals surface area contributed by atoms with Crippen molar-refractivity contribution in [1.29, 1.82) is 0 Å². The molecule has 4 fully saturated rings. The second kappa shape index (κ2) is 8.97. The van der Waals surface area contributed by atoms with E-state index < -0.39 is 0 Å². The lowest BCUT2D eigenvalue weighted by Gasteiger charge is -2.57. The molecule has 1 heterocycles. The average Bonchev–Trinajstić information content (AvgIpc) is 2.88. The third kappa shape index (κ3) is 4.32. The number of nitrogens with zero attached hydrogens (tertiary/aromatic N) is 2. The molecular formula is C32H35N3O2. The topological polar surface area (TPSA) is 64.1 Å². The first kappa shape index (κ1) is 22.9. The Balaban J connectivity index is 1.25. The minimum absolute atomic E-state index is 0.0202. The number of methoxy groups -OCH3 is 1. The van der Waals surface area contributed by atoms with Gasteiger partial charge in [0.15, 0.2) is 5.82 Å². The summed E-state index contributed by atoms with van der Waals surface area (Å²) in [6, 6.07) is 16.2. The third-order valence-electron chi connectivity index (χ3n) is 9.41. The van der Waals surface area contributed by atoms with E-state index in [-0.39, 0.29) is 5.91 Å². The molecule has 5 heteroatoms. The Morgan fingerprint density at radius 1 is 0.973 bits per heavy atom. The minimum Gasteiger partial charge on any atom is -0.497 e. The standard InChI is InChI=1S/C32H35N3O2/c1-37-25-8-9-26-24(15-25)7-10-27-30(26)33-28(19-32-16-21-11-22(17-32)13-23(12-21)18-32)31(34-27)35-29(36)14-20-5-3-2-4-6-20/h2-6,8-9,15,21-23H,7,10-14,16-19H2,1H3,(H,34,35,36). The van der Waals surface area contributed by atoms with Crippen LogP contribution in [0.2, 0.25) is 0 Å². The molecule has 4 bridgehead atoms. The molecule has 0 unspecified atom stereocenters. The first-order valence-corrected chi connectivity index (χ1v) is 14.0. The lowest BCUT2D eigenvalue weighted by molar-refractivity contribution is -0.115. The predicted molar refractivity (Wildman–Crippen MR) is 145 cm³/mol. The van der Waals surface area contributed by atoms with Crippen LogP contribution in [0, 0.1) is 23.2 Å². The highest BCUT2D eigenvalue weighted by Crippen LogP contribution is 2.61. The number of nitrogens with one attached hydrogen (secondary N) is 1. The molecular weight excluding hydrogens is 458 g/mol. The molecule has 5 aliphatic rings. The summed E-state index contributed by atoms with van der Waals surface area (Å²) in [6.45, 7) is 0. The lowest BCUT2D eigenvalue weighted by atomic mass is 9.48. The van der Waals surface area contributed by atoms with Crippen LogP contribution in [0.3, 0.4) is 0 Å². The van der Waals surface area contributed by atoms with E-state index in [2.05, 4.69) is 17.4 Å². The largest absolute Gasteiger partial charge is 0.497 e. The predicted octanol–water partition coefficient (Wildman–Crippen LogP) is 6.19. The van der Waals surface area contributed by atoms with Crippen LogP contribution >= 0.6 is 0 Å². The van der Waals surface area contributed by atoms with Crippen LogP contribution < -0.4 is 10.1 Å². The summed E-state index contributed by atoms with van der Waals surface area (Å²) >= 11 is 0. The lowest BCUT2D eigenvalue weighted by Crippen LogP contribution is -2.47. The fourth-order valence-electron chi connectivity index (χ4n) is 8.33. The molecule has 1 N–H and O–H groups in total. The van der Waals surface area contributed by atoms with Gasteiger partial charge in [-0.25, -0.2) is 9.97 Å². The number of anilines is 1. The molecule has 0 aliphatic heterocycles. The number of aryl methyl sites for hydroxylation is 2. The van der Waals surface area contributed by atoms with Crippen LogP contribution in [0.15, 0.2) is 48.5 Å². The highest BCUT2D eigenvalue weighted by molar-refractivity contribution is 5.92. The van der Waals surface area contributed by atoms with Gasteiger partial charge < -0.3 is 10.1 Å². The number of carbonyl (C=O) groups is 1. The zero-order valence-corrected chi connectivity index (χ0v) is 21.6. The first-order valence-electron chi connectivity index (χ1n) is 14.0. The van der Waals surface area contributed by atoms with Gasteiger partial charge in [0, 0.05) is 5.56 Å². The maximum atomic E-state index is 13.1. The normalized spacial score (nSPS) is 26.9. The van der Waals surface area contributed by atoms with Gasteiger partial charge in [-0.2, -0.15) is 0 Å². The van der Waals surface area contributed by atoms with Gasteiger partial charge in [0.25, 0.3) is 0 Å². The van der Waals surface area contributed by atoms with Crippen molar-refractivity contribution >= 4 is 11.7 Å². The molecule has 8 rings (SSSR count). The Kier molecular flexibility index (Phi) is 5.56. The van der Waals surface area contributed by atoms with Crippen molar-refractivity contribution in [3.8, 4) is 17.0 Å². The fraction of sp³-hybridized carbons (Fsp3) is 0.469. The molecule has 0 spiro atoms. The number of fused-ring (bicyclic) bond motifs is 3. The summed E-state index contributed by atoms with van der Waals surface area (Å²) in [5.41, 5.74) is 6.70. The average molecular weight is 494 g/mol. The fourth-order valence-corrected chi connectivity index (χ4v) is 8.33. The van der Waals surface area contributed by atoms with Crippen molar-refractivity contribution < 1.29 is 9.53 Å². The molecule has 5 nitrogen and oxygen atoms in total. The molecule has 2 aromatic carbocycles. The number of rotatable bonds is 6. The highest BCUT2D eigenvalue weighted by Gasteiger charge is 2.51. The summed E-state index contributed by atoms with van der Waals surface area (Å²) in [7, 11) is 1.71. The van der Waals surface area contributed by atoms with Gasteiger partial charge in [-0.1, -0.05) is 30.3 Å². The molecule has 0 radical (unpaired) electrons. The number of hydrogen-bond donors (Lipinski definition) is 1. The molecule has 190 valence electrons. The molecule has 1 aromatic heterocycles. The van der Waals surface area contributed by atoms with Gasteiger partial charge in [0.1, 0.15) is 5.75 Å². The van der Waals surface area contributed by atoms with E-state index in [1.54, 1.807) is 7.11 Å². The van der Waals surface area contributed by atoms with Gasteiger partial charge in [-0.3, -0.25) is 4.79 Å². The second-order valence-electron chi connectivity index (χ2n) is 12.1. The maximum absolute atomic E-state index is 13.1. The molecule has 0 saturated heterocycles. The molecule has 0 atom stereocenters. The summed E-state index contributed by atoms with van der Waals surface area (Å²) in [4.78, 5) is 23.6. The van der Waals surface area contributed by atoms with Crippen LogP contribution in [-0.2, 0) is 30.5 Å². The van der Waals surface area contributed by atoms with Crippen molar-refractivity contribution in [3.63, 3.8) is 0 Å². The number of amides is 1. The zero-order chi connectivity index (χ0) is 25.0. The molecule has 37 heavy (non-hydrogen) atoms. The Bertz CT molecular complexity index is 1310. The minimum atomic E-state index is -0.0202. The Labute approximate surface area is 219 Å². The Hall–Kier alpha value is -3.21. The van der Waals surface area contributed by atoms with E-state index in [0.29, 0.717) is 17.7 Å². The van der Waals surface area contributed by atoms with E-state index in [1.165, 1.54) is 44.1 Å². The van der Waals surface area contributed by atoms with Gasteiger partial charge in [-0.15, -0.1) is 0 Å². The smallest absolute Gasteiger partial charge is 0.229 e. The first-order chi connectivity index (χ1) is 18.1. The monoisotopic (exact) mass is 493 g/mol. The molecule has 5 aliphatic carbocycles. The van der Waals surface area contributed by atoms with Gasteiger partial charge in [-0.05, 0) is 110 Å². The Morgan fingerprint density at radius 3 is 2.41 bits per heavy atom. The quantitative estimate of drug-likeness (QED) is 0.445. The maximum Gasteiger partial charge on any atom is 0.229 e. The SMILES string of the molecule is COc1ccc2c(c1)CCc1nc(NC(=O)Cc3ccccc3)c(CC34CC5CC(CC(C5)C3)C4)nc1-2. The Morgan fingerprint density at radius 2 is 1.70 bits per heavy atom. The van der Waals surface area contributed by atoms with Crippen molar-refractivity contribution in [2.75, 3.05) is 12.4 Å². The molecule has 4 saturated carbocycles. The van der Waals surface area contributed by atoms with Crippen LogP contribution in [0.1, 0.15) is 61.0 Å². The number of ether oxygens (including phenoxy) is 1. The zero-order valence-electron chi connectivity index (χ0n) is 21.6. The van der Waals surface area contributed by atoms with Crippen molar-refractivity contribution in [3.05, 3.63) is 71.0 Å². The van der Waals surface area contributed by atoms with Gasteiger partial charge >= 0.3 is 0 Å². The van der Waals surface area contributed by atoms with E-state index in [4.69, 9.17) is 14.7 Å². The second-order valence-corrected chi connectivity index (χ2v) is 12.1. The van der Waals surface area contributed by atoms with E-state index in [9.17, 15) is 4.79 Å². The number of aromatic nitrogens is 2. The van der Waals surface area contributed by atoms with E-state index >= 15 is 0 Å². The van der Waals surface area contributed by atoms with Crippen molar-refractivity contribution in [2.45, 2.75) is 64.2 Å². The number of hydrogen-bond acceptors (Lipinski definition) is 4.